The second-order valence-corrected chi connectivity index (χ2v) is 7.31. The summed E-state index contributed by atoms with van der Waals surface area (Å²) in [4.78, 5) is 3.04. The first kappa shape index (κ1) is 18.9. The third-order valence-corrected chi connectivity index (χ3v) is 5.37. The Morgan fingerprint density at radius 3 is 2.39 bits per heavy atom. The van der Waals surface area contributed by atoms with Gasteiger partial charge in [0.05, 0.1) is 17.8 Å². The van der Waals surface area contributed by atoms with Gasteiger partial charge in [-0.3, -0.25) is 0 Å². The predicted molar refractivity (Wildman–Crippen MR) is 97.9 cm³/mol. The molecule has 28 heavy (non-hydrogen) atoms. The molecular weight excluding hydrogens is 375 g/mol. The Morgan fingerprint density at radius 2 is 1.71 bits per heavy atom. The van der Waals surface area contributed by atoms with Gasteiger partial charge in [0.2, 0.25) is 0 Å². The molecule has 0 aliphatic heterocycles. The lowest BCUT2D eigenvalue weighted by molar-refractivity contribution is 0.139. The first-order valence-electron chi connectivity index (χ1n) is 9.17. The molecule has 1 heterocycles. The quantitative estimate of drug-likeness (QED) is 0.524. The fourth-order valence-electron chi connectivity index (χ4n) is 4.04. The number of fused-ring (bicyclic) bond motifs is 1. The number of H-pyrrole nitrogens is 1. The number of aromatic nitrogens is 1. The lowest BCUT2D eigenvalue weighted by Crippen LogP contribution is -2.34. The first-order valence-corrected chi connectivity index (χ1v) is 9.17. The molecule has 148 valence electrons. The van der Waals surface area contributed by atoms with Crippen molar-refractivity contribution in [2.75, 3.05) is 13.1 Å². The van der Waals surface area contributed by atoms with E-state index >= 15 is 0 Å². The maximum Gasteiger partial charge on any atom is 0.250 e. The Balaban J connectivity index is 1.66. The number of aromatic amines is 1. The molecule has 2 nitrogen and oxygen atoms in total. The number of halogens is 5. The highest BCUT2D eigenvalue weighted by Crippen LogP contribution is 2.48. The molecule has 0 bridgehead atoms. The Hall–Kier alpha value is -2.41. The Labute approximate surface area is 158 Å². The zero-order valence-corrected chi connectivity index (χ0v) is 14.9. The summed E-state index contributed by atoms with van der Waals surface area (Å²) < 4.78 is 66.0. The van der Waals surface area contributed by atoms with Gasteiger partial charge in [-0.05, 0) is 72.7 Å². The van der Waals surface area contributed by atoms with Crippen LogP contribution in [0.3, 0.4) is 0 Å². The topological polar surface area (TPSA) is 27.8 Å². The van der Waals surface area contributed by atoms with Crippen LogP contribution in [0.15, 0.2) is 36.4 Å². The summed E-state index contributed by atoms with van der Waals surface area (Å²) in [7, 11) is 0. The van der Waals surface area contributed by atoms with Crippen molar-refractivity contribution >= 4 is 10.9 Å². The van der Waals surface area contributed by atoms with Crippen molar-refractivity contribution in [1.82, 2.24) is 10.3 Å². The van der Waals surface area contributed by atoms with Gasteiger partial charge in [0.25, 0.3) is 6.43 Å². The van der Waals surface area contributed by atoms with Crippen molar-refractivity contribution in [1.29, 1.82) is 0 Å². The molecule has 0 amide bonds. The number of rotatable bonds is 6. The van der Waals surface area contributed by atoms with Gasteiger partial charge in [-0.1, -0.05) is 0 Å². The molecule has 2 N–H and O–H groups in total. The molecule has 0 spiro atoms. The van der Waals surface area contributed by atoms with E-state index in [1.165, 1.54) is 18.2 Å². The molecule has 0 atom stereocenters. The van der Waals surface area contributed by atoms with Gasteiger partial charge in [0, 0.05) is 11.5 Å². The van der Waals surface area contributed by atoms with Crippen LogP contribution in [-0.2, 0) is 0 Å². The maximum atomic E-state index is 14.3. The van der Waals surface area contributed by atoms with Crippen LogP contribution < -0.4 is 5.32 Å². The minimum atomic E-state index is -2.39. The highest BCUT2D eigenvalue weighted by atomic mass is 19.3. The van der Waals surface area contributed by atoms with Crippen molar-refractivity contribution in [2.24, 2.45) is 5.92 Å². The van der Waals surface area contributed by atoms with Gasteiger partial charge in [-0.15, -0.1) is 0 Å². The monoisotopic (exact) mass is 394 g/mol. The number of hydrogen-bond acceptors (Lipinski definition) is 1. The Morgan fingerprint density at radius 1 is 1.00 bits per heavy atom. The molecule has 7 heteroatoms. The summed E-state index contributed by atoms with van der Waals surface area (Å²) in [6.45, 7) is 0.142. The van der Waals surface area contributed by atoms with E-state index in [2.05, 4.69) is 10.3 Å². The van der Waals surface area contributed by atoms with Gasteiger partial charge >= 0.3 is 0 Å². The smallest absolute Gasteiger partial charge is 0.250 e. The molecule has 4 rings (SSSR count). The van der Waals surface area contributed by atoms with Crippen molar-refractivity contribution in [3.8, 4) is 11.3 Å². The average Bonchev–Trinajstić information content (AvgIpc) is 2.96. The van der Waals surface area contributed by atoms with Crippen LogP contribution in [0.1, 0.15) is 24.3 Å². The molecule has 3 aromatic rings. The van der Waals surface area contributed by atoms with Crippen LogP contribution >= 0.6 is 0 Å². The van der Waals surface area contributed by atoms with Crippen LogP contribution in [0.2, 0.25) is 0 Å². The summed E-state index contributed by atoms with van der Waals surface area (Å²) in [6.07, 6.45) is -0.925. The van der Waals surface area contributed by atoms with Crippen molar-refractivity contribution in [2.45, 2.75) is 25.2 Å². The minimum absolute atomic E-state index is 0.0494. The minimum Gasteiger partial charge on any atom is -0.352 e. The second-order valence-electron chi connectivity index (χ2n) is 7.31. The van der Waals surface area contributed by atoms with Gasteiger partial charge in [0.1, 0.15) is 17.5 Å². The first-order chi connectivity index (χ1) is 13.4. The summed E-state index contributed by atoms with van der Waals surface area (Å²) in [5.74, 6) is -1.45. The standard InChI is InChI=1S/C21H19F5N2/c22-14-3-1-12(2-4-14)20-19(13-5-11(6-13)9-27-10-18(25)26)16-7-15(23)8-17(24)21(16)28-20/h1-4,7-8,11,13,18,27-28H,5-6,9-10H2. The van der Waals surface area contributed by atoms with E-state index in [-0.39, 0.29) is 29.7 Å². The average molecular weight is 394 g/mol. The Kier molecular flexibility index (Phi) is 5.10. The van der Waals surface area contributed by atoms with E-state index in [9.17, 15) is 22.0 Å². The van der Waals surface area contributed by atoms with E-state index in [1.54, 1.807) is 12.1 Å². The van der Waals surface area contributed by atoms with E-state index in [0.717, 1.165) is 24.5 Å². The molecule has 0 unspecified atom stereocenters. The Bertz CT molecular complexity index is 975. The predicted octanol–water partition coefficient (Wildman–Crippen LogP) is 5.60. The lowest BCUT2D eigenvalue weighted by atomic mass is 9.70. The van der Waals surface area contributed by atoms with Gasteiger partial charge in [-0.25, -0.2) is 22.0 Å². The summed E-state index contributed by atoms with van der Waals surface area (Å²) >= 11 is 0. The fourth-order valence-corrected chi connectivity index (χ4v) is 4.04. The van der Waals surface area contributed by atoms with E-state index in [0.29, 0.717) is 23.2 Å². The summed E-state index contributed by atoms with van der Waals surface area (Å²) in [6, 6.07) is 7.96. The van der Waals surface area contributed by atoms with E-state index < -0.39 is 18.1 Å². The molecule has 1 aromatic heterocycles. The highest BCUT2D eigenvalue weighted by Gasteiger charge is 2.34. The van der Waals surface area contributed by atoms with Crippen LogP contribution in [0.4, 0.5) is 22.0 Å². The van der Waals surface area contributed by atoms with Gasteiger partial charge in [0.15, 0.2) is 0 Å². The second kappa shape index (κ2) is 7.54. The van der Waals surface area contributed by atoms with Crippen LogP contribution in [0.5, 0.6) is 0 Å². The summed E-state index contributed by atoms with van der Waals surface area (Å²) in [5.41, 5.74) is 2.34. The van der Waals surface area contributed by atoms with Crippen molar-refractivity contribution in [3.63, 3.8) is 0 Å². The molecule has 1 aliphatic rings. The van der Waals surface area contributed by atoms with Crippen LogP contribution in [0.25, 0.3) is 22.2 Å². The van der Waals surface area contributed by atoms with E-state index in [4.69, 9.17) is 0 Å². The normalized spacial score (nSPS) is 19.4. The third kappa shape index (κ3) is 3.63. The highest BCUT2D eigenvalue weighted by molar-refractivity contribution is 5.92. The SMILES string of the molecule is Fc1ccc(-c2[nH]c3c(F)cc(F)cc3c2C2CC(CNCC(F)F)C2)cc1. The largest absolute Gasteiger partial charge is 0.352 e. The number of benzene rings is 2. The van der Waals surface area contributed by atoms with E-state index in [1.807, 2.05) is 0 Å². The van der Waals surface area contributed by atoms with Gasteiger partial charge < -0.3 is 10.3 Å². The van der Waals surface area contributed by atoms with Crippen LogP contribution in [-0.4, -0.2) is 24.5 Å². The van der Waals surface area contributed by atoms with Crippen molar-refractivity contribution in [3.05, 3.63) is 59.4 Å². The summed E-state index contributed by atoms with van der Waals surface area (Å²) in [5, 5.41) is 3.21. The molecule has 1 saturated carbocycles. The van der Waals surface area contributed by atoms with Crippen molar-refractivity contribution < 1.29 is 22.0 Å². The van der Waals surface area contributed by atoms with Crippen LogP contribution in [0, 0.1) is 23.4 Å². The molecular formula is C21H19F5N2. The third-order valence-electron chi connectivity index (χ3n) is 5.37. The maximum absolute atomic E-state index is 14.3. The zero-order valence-electron chi connectivity index (χ0n) is 14.9. The number of alkyl halides is 2. The molecule has 0 radical (unpaired) electrons. The number of nitrogens with one attached hydrogen (secondary N) is 2. The molecule has 0 saturated heterocycles. The zero-order chi connectivity index (χ0) is 19.8. The molecule has 2 aromatic carbocycles. The fraction of sp³-hybridized carbons (Fsp3) is 0.333. The van der Waals surface area contributed by atoms with Gasteiger partial charge in [-0.2, -0.15) is 0 Å². The molecule has 1 aliphatic carbocycles. The molecule has 1 fully saturated rings. The lowest BCUT2D eigenvalue weighted by Gasteiger charge is -2.36. The number of hydrogen-bond donors (Lipinski definition) is 2.